The van der Waals surface area contributed by atoms with E-state index < -0.39 is 0 Å². The van der Waals surface area contributed by atoms with Crippen molar-refractivity contribution in [3.05, 3.63) is 66.6 Å². The number of anilines is 1. The van der Waals surface area contributed by atoms with E-state index in [0.717, 1.165) is 50.8 Å². The van der Waals surface area contributed by atoms with Crippen LogP contribution in [0.15, 0.2) is 60.9 Å². The molecule has 0 N–H and O–H groups in total. The lowest BCUT2D eigenvalue weighted by molar-refractivity contribution is 0.0241. The van der Waals surface area contributed by atoms with Gasteiger partial charge in [0.1, 0.15) is 5.82 Å². The second-order valence-corrected chi connectivity index (χ2v) is 7.43. The first-order valence-electron chi connectivity index (χ1n) is 9.95. The number of piperazine rings is 1. The highest BCUT2D eigenvalue weighted by Gasteiger charge is 2.37. The summed E-state index contributed by atoms with van der Waals surface area (Å²) in [5.74, 6) is 0.995. The van der Waals surface area contributed by atoms with Crippen molar-refractivity contribution in [3.63, 3.8) is 0 Å². The molecule has 2 fully saturated rings. The highest BCUT2D eigenvalue weighted by atomic mass is 16.2. The van der Waals surface area contributed by atoms with Crippen molar-refractivity contribution in [2.75, 3.05) is 44.2 Å². The van der Waals surface area contributed by atoms with Crippen LogP contribution < -0.4 is 4.90 Å². The largest absolute Gasteiger partial charge is 0.354 e. The second kappa shape index (κ2) is 7.63. The van der Waals surface area contributed by atoms with Crippen LogP contribution in [0.1, 0.15) is 10.5 Å². The minimum Gasteiger partial charge on any atom is -0.354 e. The number of aromatic nitrogens is 4. The predicted molar refractivity (Wildman–Crippen MR) is 109 cm³/mol. The summed E-state index contributed by atoms with van der Waals surface area (Å²) in [6, 6.07) is 16.1. The molecule has 2 aromatic heterocycles. The van der Waals surface area contributed by atoms with E-state index in [1.165, 1.54) is 4.80 Å². The maximum atomic E-state index is 12.7. The van der Waals surface area contributed by atoms with Crippen LogP contribution in [0.2, 0.25) is 0 Å². The van der Waals surface area contributed by atoms with E-state index in [-0.39, 0.29) is 5.91 Å². The summed E-state index contributed by atoms with van der Waals surface area (Å²) in [7, 11) is 0. The molecule has 2 aliphatic heterocycles. The molecular formula is C21H23N7O. The summed E-state index contributed by atoms with van der Waals surface area (Å²) in [4.78, 5) is 25.3. The number of para-hydroxylation sites is 1. The van der Waals surface area contributed by atoms with Crippen LogP contribution in [0.4, 0.5) is 5.82 Å². The van der Waals surface area contributed by atoms with Crippen molar-refractivity contribution in [2.24, 2.45) is 0 Å². The minimum atomic E-state index is -0.0458. The zero-order chi connectivity index (χ0) is 19.6. The molecule has 0 bridgehead atoms. The van der Waals surface area contributed by atoms with E-state index in [4.69, 9.17) is 0 Å². The van der Waals surface area contributed by atoms with Crippen LogP contribution in [0.25, 0.3) is 5.69 Å². The number of benzene rings is 1. The van der Waals surface area contributed by atoms with E-state index >= 15 is 0 Å². The Morgan fingerprint density at radius 2 is 1.69 bits per heavy atom. The highest BCUT2D eigenvalue weighted by molar-refractivity contribution is 5.92. The zero-order valence-corrected chi connectivity index (χ0v) is 16.1. The molecule has 0 spiro atoms. The number of pyridine rings is 1. The molecule has 5 rings (SSSR count). The predicted octanol–water partition coefficient (Wildman–Crippen LogP) is 1.31. The van der Waals surface area contributed by atoms with Gasteiger partial charge in [-0.25, -0.2) is 4.98 Å². The lowest BCUT2D eigenvalue weighted by Crippen LogP contribution is -2.64. The summed E-state index contributed by atoms with van der Waals surface area (Å²) >= 11 is 0. The Hall–Kier alpha value is -3.26. The van der Waals surface area contributed by atoms with Crippen LogP contribution in [-0.4, -0.2) is 81.0 Å². The molecule has 4 heterocycles. The van der Waals surface area contributed by atoms with Crippen molar-refractivity contribution in [1.29, 1.82) is 0 Å². The van der Waals surface area contributed by atoms with Gasteiger partial charge in [-0.15, -0.1) is 5.10 Å². The molecular weight excluding hydrogens is 366 g/mol. The van der Waals surface area contributed by atoms with Gasteiger partial charge in [-0.1, -0.05) is 24.3 Å². The molecule has 0 unspecified atom stereocenters. The fourth-order valence-electron chi connectivity index (χ4n) is 3.92. The Kier molecular flexibility index (Phi) is 4.69. The number of hydrogen-bond acceptors (Lipinski definition) is 6. The van der Waals surface area contributed by atoms with Crippen molar-refractivity contribution in [2.45, 2.75) is 6.04 Å². The van der Waals surface area contributed by atoms with E-state index in [0.29, 0.717) is 11.7 Å². The first kappa shape index (κ1) is 17.8. The molecule has 1 aromatic carbocycles. The quantitative estimate of drug-likeness (QED) is 0.670. The number of nitrogens with zero attached hydrogens (tertiary/aromatic N) is 7. The Balaban J connectivity index is 1.14. The van der Waals surface area contributed by atoms with Gasteiger partial charge in [-0.3, -0.25) is 9.69 Å². The molecule has 2 aliphatic rings. The molecule has 0 aliphatic carbocycles. The average molecular weight is 389 g/mol. The van der Waals surface area contributed by atoms with E-state index in [1.807, 2.05) is 53.6 Å². The van der Waals surface area contributed by atoms with Gasteiger partial charge in [0.05, 0.1) is 11.9 Å². The van der Waals surface area contributed by atoms with Gasteiger partial charge in [-0.2, -0.15) is 9.90 Å². The van der Waals surface area contributed by atoms with Gasteiger partial charge in [0.2, 0.25) is 0 Å². The van der Waals surface area contributed by atoms with Crippen LogP contribution in [0, 0.1) is 0 Å². The van der Waals surface area contributed by atoms with Crippen molar-refractivity contribution < 1.29 is 4.79 Å². The third-order valence-corrected chi connectivity index (χ3v) is 5.65. The summed E-state index contributed by atoms with van der Waals surface area (Å²) in [5, 5.41) is 8.58. The Morgan fingerprint density at radius 1 is 0.931 bits per heavy atom. The number of rotatable bonds is 4. The van der Waals surface area contributed by atoms with Crippen LogP contribution in [0.3, 0.4) is 0 Å². The standard InChI is InChI=1S/C21H23N7O/c29-21(19-14-23-28(24-19)17-6-2-1-3-7-17)27-15-18(16-27)25-10-12-26(13-11-25)20-8-4-5-9-22-20/h1-9,14,18H,10-13,15-16H2. The Labute approximate surface area is 169 Å². The van der Waals surface area contributed by atoms with Gasteiger partial charge in [0, 0.05) is 51.5 Å². The summed E-state index contributed by atoms with van der Waals surface area (Å²) in [6.45, 7) is 5.42. The number of likely N-dealkylation sites (tertiary alicyclic amines) is 1. The Bertz CT molecular complexity index is 961. The first-order valence-corrected chi connectivity index (χ1v) is 9.95. The zero-order valence-electron chi connectivity index (χ0n) is 16.1. The minimum absolute atomic E-state index is 0.0458. The molecule has 0 saturated carbocycles. The van der Waals surface area contributed by atoms with Crippen molar-refractivity contribution >= 4 is 11.7 Å². The molecule has 8 heteroatoms. The number of hydrogen-bond donors (Lipinski definition) is 0. The first-order chi connectivity index (χ1) is 14.3. The van der Waals surface area contributed by atoms with E-state index in [9.17, 15) is 4.79 Å². The lowest BCUT2D eigenvalue weighted by Gasteiger charge is -2.48. The van der Waals surface area contributed by atoms with Crippen LogP contribution in [0.5, 0.6) is 0 Å². The SMILES string of the molecule is O=C(c1cnn(-c2ccccc2)n1)N1CC(N2CCN(c3ccccn3)CC2)C1. The fraction of sp³-hybridized carbons (Fsp3) is 0.333. The van der Waals surface area contributed by atoms with Gasteiger partial charge < -0.3 is 9.80 Å². The third kappa shape index (κ3) is 3.58. The molecule has 148 valence electrons. The molecule has 0 radical (unpaired) electrons. The molecule has 3 aromatic rings. The van der Waals surface area contributed by atoms with Crippen molar-refractivity contribution in [3.8, 4) is 5.69 Å². The summed E-state index contributed by atoms with van der Waals surface area (Å²) in [5.41, 5.74) is 1.24. The van der Waals surface area contributed by atoms with Crippen LogP contribution in [-0.2, 0) is 0 Å². The second-order valence-electron chi connectivity index (χ2n) is 7.43. The van der Waals surface area contributed by atoms with E-state index in [1.54, 1.807) is 6.20 Å². The molecule has 29 heavy (non-hydrogen) atoms. The number of amides is 1. The normalized spacial score (nSPS) is 17.9. The molecule has 2 saturated heterocycles. The molecule has 1 amide bonds. The topological polar surface area (TPSA) is 70.4 Å². The summed E-state index contributed by atoms with van der Waals surface area (Å²) in [6.07, 6.45) is 3.39. The van der Waals surface area contributed by atoms with E-state index in [2.05, 4.69) is 31.0 Å². The maximum absolute atomic E-state index is 12.7. The van der Waals surface area contributed by atoms with Gasteiger partial charge >= 0.3 is 0 Å². The molecule has 0 atom stereocenters. The third-order valence-electron chi connectivity index (χ3n) is 5.65. The monoisotopic (exact) mass is 389 g/mol. The highest BCUT2D eigenvalue weighted by Crippen LogP contribution is 2.21. The number of carbonyl (C=O) groups excluding carboxylic acids is 1. The van der Waals surface area contributed by atoms with Gasteiger partial charge in [0.15, 0.2) is 5.69 Å². The lowest BCUT2D eigenvalue weighted by atomic mass is 10.1. The average Bonchev–Trinajstić information content (AvgIpc) is 3.25. The maximum Gasteiger partial charge on any atom is 0.276 e. The molecule has 8 nitrogen and oxygen atoms in total. The van der Waals surface area contributed by atoms with Crippen molar-refractivity contribution in [1.82, 2.24) is 29.8 Å². The Morgan fingerprint density at radius 3 is 2.41 bits per heavy atom. The van der Waals surface area contributed by atoms with Gasteiger partial charge in [0.25, 0.3) is 5.91 Å². The van der Waals surface area contributed by atoms with Crippen LogP contribution >= 0.6 is 0 Å². The van der Waals surface area contributed by atoms with Gasteiger partial charge in [-0.05, 0) is 24.3 Å². The summed E-state index contributed by atoms with van der Waals surface area (Å²) < 4.78 is 0. The number of carbonyl (C=O) groups is 1. The fourth-order valence-corrected chi connectivity index (χ4v) is 3.92. The smallest absolute Gasteiger partial charge is 0.276 e.